The molecule has 4 aliphatic rings. The van der Waals surface area contributed by atoms with Crippen molar-refractivity contribution >= 4 is 24.0 Å². The lowest BCUT2D eigenvalue weighted by atomic mass is 9.85. The van der Waals surface area contributed by atoms with E-state index in [0.717, 1.165) is 23.4 Å². The highest BCUT2D eigenvalue weighted by atomic mass is 16.5. The molecule has 1 saturated heterocycles. The number of furan rings is 1. The van der Waals surface area contributed by atoms with Crippen LogP contribution in [0.5, 0.6) is 0 Å². The van der Waals surface area contributed by atoms with E-state index in [9.17, 15) is 14.4 Å². The summed E-state index contributed by atoms with van der Waals surface area (Å²) in [5, 5.41) is 5.23. The fraction of sp³-hybridized carbons (Fsp3) is 0.360. The van der Waals surface area contributed by atoms with Gasteiger partial charge in [-0.2, -0.15) is 10.1 Å². The molecule has 1 aliphatic heterocycles. The molecule has 32 heavy (non-hydrogen) atoms. The lowest BCUT2D eigenvalue weighted by Gasteiger charge is -2.18. The number of esters is 1. The quantitative estimate of drug-likeness (QED) is 0.313. The van der Waals surface area contributed by atoms with Gasteiger partial charge >= 0.3 is 5.97 Å². The summed E-state index contributed by atoms with van der Waals surface area (Å²) in [6.07, 6.45) is 7.92. The van der Waals surface area contributed by atoms with Gasteiger partial charge in [0, 0.05) is 5.56 Å². The third-order valence-corrected chi connectivity index (χ3v) is 7.44. The minimum Gasteiger partial charge on any atom is -0.462 e. The Hall–Kier alpha value is -3.48. The molecule has 162 valence electrons. The number of hydrazone groups is 1. The van der Waals surface area contributed by atoms with Gasteiger partial charge in [0.2, 0.25) is 0 Å². The van der Waals surface area contributed by atoms with Crippen molar-refractivity contribution in [3.05, 3.63) is 59.9 Å². The molecule has 4 atom stereocenters. The Labute approximate surface area is 184 Å². The predicted octanol–water partition coefficient (Wildman–Crippen LogP) is 3.65. The van der Waals surface area contributed by atoms with Gasteiger partial charge in [0.1, 0.15) is 11.5 Å². The van der Waals surface area contributed by atoms with Crippen molar-refractivity contribution in [2.45, 2.75) is 19.8 Å². The minimum atomic E-state index is -0.368. The fourth-order valence-corrected chi connectivity index (χ4v) is 5.85. The minimum absolute atomic E-state index is 0.176. The number of hydrogen-bond acceptors (Lipinski definition) is 6. The van der Waals surface area contributed by atoms with Crippen LogP contribution in [0.4, 0.5) is 0 Å². The first kappa shape index (κ1) is 19.2. The summed E-state index contributed by atoms with van der Waals surface area (Å²) in [5.41, 5.74) is 1.43. The maximum absolute atomic E-state index is 13.0. The molecule has 1 spiro atoms. The summed E-state index contributed by atoms with van der Waals surface area (Å²) in [7, 11) is 0. The summed E-state index contributed by atoms with van der Waals surface area (Å²) in [6, 6.07) is 10.4. The number of hydrogen-bond donors (Lipinski definition) is 0. The lowest BCUT2D eigenvalue weighted by Crippen LogP contribution is -2.30. The van der Waals surface area contributed by atoms with E-state index in [0.29, 0.717) is 23.7 Å². The van der Waals surface area contributed by atoms with Gasteiger partial charge < -0.3 is 9.15 Å². The molecule has 2 bridgehead atoms. The molecule has 0 radical (unpaired) electrons. The van der Waals surface area contributed by atoms with Gasteiger partial charge in [-0.05, 0) is 61.3 Å². The monoisotopic (exact) mass is 430 g/mol. The summed E-state index contributed by atoms with van der Waals surface area (Å²) in [6.45, 7) is 2.09. The van der Waals surface area contributed by atoms with E-state index in [4.69, 9.17) is 9.15 Å². The zero-order chi connectivity index (χ0) is 22.0. The SMILES string of the molecule is CCOC(=O)c1ccc(-c2ccc(C=NN3C(=O)C4C(C3=O)C3C=CC4C34CC4)o2)cc1. The van der Waals surface area contributed by atoms with Crippen LogP contribution in [-0.2, 0) is 14.3 Å². The van der Waals surface area contributed by atoms with E-state index in [2.05, 4.69) is 17.3 Å². The Morgan fingerprint density at radius 2 is 1.75 bits per heavy atom. The zero-order valence-electron chi connectivity index (χ0n) is 17.6. The normalized spacial score (nSPS) is 28.8. The number of imide groups is 1. The van der Waals surface area contributed by atoms with Crippen molar-refractivity contribution in [1.29, 1.82) is 0 Å². The van der Waals surface area contributed by atoms with Gasteiger partial charge in [0.05, 0.1) is 30.2 Å². The molecule has 2 amide bonds. The summed E-state index contributed by atoms with van der Waals surface area (Å²) in [5.74, 6) is 0.115. The van der Waals surface area contributed by atoms with Gasteiger partial charge in [0.25, 0.3) is 11.8 Å². The Morgan fingerprint density at radius 1 is 1.09 bits per heavy atom. The van der Waals surface area contributed by atoms with Crippen LogP contribution in [0.2, 0.25) is 0 Å². The second kappa shape index (κ2) is 6.76. The van der Waals surface area contributed by atoms with Crippen molar-refractivity contribution in [2.75, 3.05) is 6.61 Å². The molecular formula is C25H22N2O5. The van der Waals surface area contributed by atoms with Gasteiger partial charge in [-0.15, -0.1) is 0 Å². The average molecular weight is 430 g/mol. The van der Waals surface area contributed by atoms with E-state index in [1.54, 1.807) is 43.3 Å². The van der Waals surface area contributed by atoms with E-state index in [-0.39, 0.29) is 46.9 Å². The van der Waals surface area contributed by atoms with Crippen LogP contribution in [0.3, 0.4) is 0 Å². The first-order valence-electron chi connectivity index (χ1n) is 11.0. The Kier molecular flexibility index (Phi) is 4.06. The second-order valence-corrected chi connectivity index (χ2v) is 8.95. The van der Waals surface area contributed by atoms with Crippen LogP contribution in [0.15, 0.2) is 58.1 Å². The van der Waals surface area contributed by atoms with Gasteiger partial charge in [-0.3, -0.25) is 9.59 Å². The van der Waals surface area contributed by atoms with E-state index < -0.39 is 0 Å². The number of nitrogens with zero attached hydrogens (tertiary/aromatic N) is 2. The molecule has 3 fully saturated rings. The largest absolute Gasteiger partial charge is 0.462 e. The maximum Gasteiger partial charge on any atom is 0.338 e. The molecule has 0 N–H and O–H groups in total. The van der Waals surface area contributed by atoms with Gasteiger partial charge in [-0.25, -0.2) is 4.79 Å². The molecule has 6 rings (SSSR count). The van der Waals surface area contributed by atoms with E-state index in [1.165, 1.54) is 6.21 Å². The maximum atomic E-state index is 13.0. The highest BCUT2D eigenvalue weighted by molar-refractivity contribution is 6.07. The summed E-state index contributed by atoms with van der Waals surface area (Å²) in [4.78, 5) is 37.7. The van der Waals surface area contributed by atoms with E-state index in [1.807, 2.05) is 0 Å². The Morgan fingerprint density at radius 3 is 2.34 bits per heavy atom. The number of benzene rings is 1. The summed E-state index contributed by atoms with van der Waals surface area (Å²) < 4.78 is 10.8. The number of carbonyl (C=O) groups is 3. The highest BCUT2D eigenvalue weighted by Crippen LogP contribution is 2.73. The standard InChI is InChI=1S/C25H22N2O5/c1-2-31-24(30)15-5-3-14(4-6-15)19-10-7-16(32-19)13-26-27-22(28)20-17-8-9-18(21(20)23(27)29)25(17)11-12-25/h3-10,13,17-18,20-21H,2,11-12H2,1H3. The van der Waals surface area contributed by atoms with Crippen LogP contribution < -0.4 is 0 Å². The third kappa shape index (κ3) is 2.60. The smallest absolute Gasteiger partial charge is 0.338 e. The zero-order valence-corrected chi connectivity index (χ0v) is 17.6. The topological polar surface area (TPSA) is 89.2 Å². The van der Waals surface area contributed by atoms with E-state index >= 15 is 0 Å². The fourth-order valence-electron chi connectivity index (χ4n) is 5.85. The van der Waals surface area contributed by atoms with Crippen LogP contribution in [0, 0.1) is 29.1 Å². The Balaban J connectivity index is 1.17. The first-order valence-corrected chi connectivity index (χ1v) is 11.0. The van der Waals surface area contributed by atoms with Crippen molar-refractivity contribution in [3.63, 3.8) is 0 Å². The number of ether oxygens (including phenoxy) is 1. The molecule has 4 unspecified atom stereocenters. The summed E-state index contributed by atoms with van der Waals surface area (Å²) >= 11 is 0. The van der Waals surface area contributed by atoms with Crippen molar-refractivity contribution < 1.29 is 23.5 Å². The molecule has 7 heteroatoms. The number of allylic oxidation sites excluding steroid dienone is 2. The van der Waals surface area contributed by atoms with Gasteiger partial charge in [0.15, 0.2) is 0 Å². The van der Waals surface area contributed by atoms with Crippen LogP contribution in [-0.4, -0.2) is 35.6 Å². The first-order chi connectivity index (χ1) is 15.5. The molecule has 2 saturated carbocycles. The number of rotatable bonds is 5. The molecule has 7 nitrogen and oxygen atoms in total. The van der Waals surface area contributed by atoms with Crippen LogP contribution >= 0.6 is 0 Å². The number of amides is 2. The number of fused-ring (bicyclic) bond motifs is 3. The molecule has 2 heterocycles. The number of carbonyl (C=O) groups excluding carboxylic acids is 3. The second-order valence-electron chi connectivity index (χ2n) is 8.95. The Bertz CT molecular complexity index is 1150. The van der Waals surface area contributed by atoms with Crippen LogP contribution in [0.25, 0.3) is 11.3 Å². The molecule has 2 aromatic rings. The van der Waals surface area contributed by atoms with Crippen LogP contribution in [0.1, 0.15) is 35.9 Å². The van der Waals surface area contributed by atoms with Gasteiger partial charge in [-0.1, -0.05) is 24.3 Å². The molecule has 3 aliphatic carbocycles. The van der Waals surface area contributed by atoms with Crippen molar-refractivity contribution in [3.8, 4) is 11.3 Å². The molecule has 1 aromatic carbocycles. The lowest BCUT2D eigenvalue weighted by molar-refractivity contribution is -0.141. The molecule has 1 aromatic heterocycles. The predicted molar refractivity (Wildman–Crippen MR) is 114 cm³/mol. The highest BCUT2D eigenvalue weighted by Gasteiger charge is 2.73. The van der Waals surface area contributed by atoms with Crippen molar-refractivity contribution in [2.24, 2.45) is 34.2 Å². The van der Waals surface area contributed by atoms with Crippen molar-refractivity contribution in [1.82, 2.24) is 5.01 Å². The third-order valence-electron chi connectivity index (χ3n) is 7.44. The molecular weight excluding hydrogens is 408 g/mol. The average Bonchev–Trinajstić information content (AvgIpc) is 3.08.